The van der Waals surface area contributed by atoms with Gasteiger partial charge in [0.05, 0.1) is 0 Å². The average molecular weight is 323 g/mol. The molecule has 0 atom stereocenters. The van der Waals surface area contributed by atoms with Gasteiger partial charge in [0, 0.05) is 18.7 Å². The quantitative estimate of drug-likeness (QED) is 0.845. The minimum absolute atomic E-state index is 0.142. The molecule has 2 heterocycles. The van der Waals surface area contributed by atoms with Crippen molar-refractivity contribution in [2.45, 2.75) is 19.3 Å². The van der Waals surface area contributed by atoms with Gasteiger partial charge in [-0.05, 0) is 54.7 Å². The summed E-state index contributed by atoms with van der Waals surface area (Å²) >= 11 is 0. The Kier molecular flexibility index (Phi) is 4.11. The summed E-state index contributed by atoms with van der Waals surface area (Å²) in [6.45, 7) is 2.94. The molecule has 2 aromatic carbocycles. The summed E-state index contributed by atoms with van der Waals surface area (Å²) in [4.78, 5) is 14.5. The second-order valence-electron chi connectivity index (χ2n) is 6.29. The number of hydrogen-bond acceptors (Lipinski definition) is 3. The Balaban J connectivity index is 1.54. The number of ether oxygens (including phenoxy) is 2. The maximum atomic E-state index is 12.5. The molecule has 24 heavy (non-hydrogen) atoms. The SMILES string of the molecule is O=C(c1ccc(-c2ccc3c(c2)OCCO3)cc1)N1CCCCC1. The molecule has 4 heteroatoms. The molecule has 0 aromatic heterocycles. The number of amides is 1. The van der Waals surface area contributed by atoms with Gasteiger partial charge in [-0.1, -0.05) is 18.2 Å². The highest BCUT2D eigenvalue weighted by molar-refractivity contribution is 5.94. The highest BCUT2D eigenvalue weighted by Crippen LogP contribution is 2.34. The Morgan fingerprint density at radius 3 is 2.21 bits per heavy atom. The molecule has 1 amide bonds. The van der Waals surface area contributed by atoms with Crippen molar-refractivity contribution >= 4 is 5.91 Å². The van der Waals surface area contributed by atoms with Gasteiger partial charge in [-0.3, -0.25) is 4.79 Å². The van der Waals surface area contributed by atoms with E-state index in [-0.39, 0.29) is 5.91 Å². The largest absolute Gasteiger partial charge is 0.486 e. The van der Waals surface area contributed by atoms with E-state index >= 15 is 0 Å². The van der Waals surface area contributed by atoms with Crippen LogP contribution in [-0.4, -0.2) is 37.1 Å². The second-order valence-corrected chi connectivity index (χ2v) is 6.29. The van der Waals surface area contributed by atoms with Gasteiger partial charge < -0.3 is 14.4 Å². The van der Waals surface area contributed by atoms with E-state index in [9.17, 15) is 4.79 Å². The first-order chi connectivity index (χ1) is 11.8. The third-order valence-electron chi connectivity index (χ3n) is 4.65. The molecular formula is C20H21NO3. The van der Waals surface area contributed by atoms with Gasteiger partial charge >= 0.3 is 0 Å². The molecule has 1 saturated heterocycles. The molecule has 4 nitrogen and oxygen atoms in total. The number of benzene rings is 2. The third kappa shape index (κ3) is 2.96. The van der Waals surface area contributed by atoms with Crippen LogP contribution in [0.5, 0.6) is 11.5 Å². The number of hydrogen-bond donors (Lipinski definition) is 0. The molecule has 2 aliphatic rings. The van der Waals surface area contributed by atoms with Gasteiger partial charge in [-0.2, -0.15) is 0 Å². The van der Waals surface area contributed by atoms with Gasteiger partial charge in [0.15, 0.2) is 11.5 Å². The fraction of sp³-hybridized carbons (Fsp3) is 0.350. The first-order valence-electron chi connectivity index (χ1n) is 8.61. The van der Waals surface area contributed by atoms with Crippen molar-refractivity contribution in [3.05, 3.63) is 48.0 Å². The molecule has 4 rings (SSSR count). The number of carbonyl (C=O) groups excluding carboxylic acids is 1. The normalized spacial score (nSPS) is 16.8. The standard InChI is InChI=1S/C20H21NO3/c22-20(21-10-2-1-3-11-21)16-6-4-15(5-7-16)17-8-9-18-19(14-17)24-13-12-23-18/h4-9,14H,1-3,10-13H2. The summed E-state index contributed by atoms with van der Waals surface area (Å²) < 4.78 is 11.2. The van der Waals surface area contributed by atoms with E-state index in [0.717, 1.165) is 54.1 Å². The summed E-state index contributed by atoms with van der Waals surface area (Å²) in [6.07, 6.45) is 3.45. The Bertz CT molecular complexity index is 733. The van der Waals surface area contributed by atoms with Gasteiger partial charge in [0.1, 0.15) is 13.2 Å². The number of carbonyl (C=O) groups is 1. The number of likely N-dealkylation sites (tertiary alicyclic amines) is 1. The first-order valence-corrected chi connectivity index (χ1v) is 8.61. The van der Waals surface area contributed by atoms with Gasteiger partial charge in [-0.25, -0.2) is 0 Å². The number of fused-ring (bicyclic) bond motifs is 1. The van der Waals surface area contributed by atoms with Crippen LogP contribution >= 0.6 is 0 Å². The molecule has 0 spiro atoms. The molecule has 0 saturated carbocycles. The lowest BCUT2D eigenvalue weighted by Gasteiger charge is -2.26. The molecule has 0 bridgehead atoms. The molecule has 1 fully saturated rings. The molecule has 2 aliphatic heterocycles. The second kappa shape index (κ2) is 6.56. The molecule has 0 aliphatic carbocycles. The van der Waals surface area contributed by atoms with Crippen molar-refractivity contribution in [3.63, 3.8) is 0 Å². The van der Waals surface area contributed by atoms with Crippen molar-refractivity contribution in [2.75, 3.05) is 26.3 Å². The average Bonchev–Trinajstić information content (AvgIpc) is 2.68. The monoisotopic (exact) mass is 323 g/mol. The summed E-state index contributed by atoms with van der Waals surface area (Å²) in [5.41, 5.74) is 2.90. The maximum absolute atomic E-state index is 12.5. The van der Waals surface area contributed by atoms with E-state index in [2.05, 4.69) is 0 Å². The van der Waals surface area contributed by atoms with E-state index in [1.807, 2.05) is 47.4 Å². The predicted octanol–water partition coefficient (Wildman–Crippen LogP) is 3.75. The first kappa shape index (κ1) is 15.1. The van der Waals surface area contributed by atoms with Crippen LogP contribution in [0.3, 0.4) is 0 Å². The van der Waals surface area contributed by atoms with Crippen LogP contribution in [0.4, 0.5) is 0 Å². The van der Waals surface area contributed by atoms with E-state index in [0.29, 0.717) is 13.2 Å². The topological polar surface area (TPSA) is 38.8 Å². The number of nitrogens with zero attached hydrogens (tertiary/aromatic N) is 1. The molecule has 2 aromatic rings. The van der Waals surface area contributed by atoms with Crippen LogP contribution < -0.4 is 9.47 Å². The van der Waals surface area contributed by atoms with Gasteiger partial charge in [0.25, 0.3) is 5.91 Å². The molecular weight excluding hydrogens is 302 g/mol. The Morgan fingerprint density at radius 1 is 0.792 bits per heavy atom. The Morgan fingerprint density at radius 2 is 1.46 bits per heavy atom. The highest BCUT2D eigenvalue weighted by Gasteiger charge is 2.18. The molecule has 124 valence electrons. The zero-order valence-corrected chi connectivity index (χ0v) is 13.7. The fourth-order valence-electron chi connectivity index (χ4n) is 3.31. The highest BCUT2D eigenvalue weighted by atomic mass is 16.6. The van der Waals surface area contributed by atoms with Crippen molar-refractivity contribution in [2.24, 2.45) is 0 Å². The predicted molar refractivity (Wildman–Crippen MR) is 92.6 cm³/mol. The molecule has 0 radical (unpaired) electrons. The van der Waals surface area contributed by atoms with E-state index in [1.54, 1.807) is 0 Å². The van der Waals surface area contributed by atoms with E-state index in [1.165, 1.54) is 6.42 Å². The van der Waals surface area contributed by atoms with Crippen molar-refractivity contribution < 1.29 is 14.3 Å². The van der Waals surface area contributed by atoms with Crippen LogP contribution in [-0.2, 0) is 0 Å². The lowest BCUT2D eigenvalue weighted by molar-refractivity contribution is 0.0724. The summed E-state index contributed by atoms with van der Waals surface area (Å²) in [5, 5.41) is 0. The van der Waals surface area contributed by atoms with Crippen LogP contribution in [0, 0.1) is 0 Å². The zero-order chi connectivity index (χ0) is 16.4. The van der Waals surface area contributed by atoms with Crippen LogP contribution in [0.25, 0.3) is 11.1 Å². The Hall–Kier alpha value is -2.49. The van der Waals surface area contributed by atoms with Crippen LogP contribution in [0.1, 0.15) is 29.6 Å². The lowest BCUT2D eigenvalue weighted by atomic mass is 10.0. The lowest BCUT2D eigenvalue weighted by Crippen LogP contribution is -2.35. The number of rotatable bonds is 2. The van der Waals surface area contributed by atoms with Crippen LogP contribution in [0.2, 0.25) is 0 Å². The summed E-state index contributed by atoms with van der Waals surface area (Å²) in [7, 11) is 0. The maximum Gasteiger partial charge on any atom is 0.253 e. The van der Waals surface area contributed by atoms with E-state index < -0.39 is 0 Å². The van der Waals surface area contributed by atoms with Gasteiger partial charge in [0.2, 0.25) is 0 Å². The minimum Gasteiger partial charge on any atom is -0.486 e. The number of piperidine rings is 1. The van der Waals surface area contributed by atoms with Crippen LogP contribution in [0.15, 0.2) is 42.5 Å². The van der Waals surface area contributed by atoms with Gasteiger partial charge in [-0.15, -0.1) is 0 Å². The minimum atomic E-state index is 0.142. The van der Waals surface area contributed by atoms with E-state index in [4.69, 9.17) is 9.47 Å². The van der Waals surface area contributed by atoms with Crippen molar-refractivity contribution in [1.29, 1.82) is 0 Å². The summed E-state index contributed by atoms with van der Waals surface area (Å²) in [6, 6.07) is 13.8. The molecule has 0 unspecified atom stereocenters. The third-order valence-corrected chi connectivity index (χ3v) is 4.65. The smallest absolute Gasteiger partial charge is 0.253 e. The van der Waals surface area contributed by atoms with Crippen molar-refractivity contribution in [3.8, 4) is 22.6 Å². The molecule has 0 N–H and O–H groups in total. The van der Waals surface area contributed by atoms with Crippen molar-refractivity contribution in [1.82, 2.24) is 4.90 Å². The fourth-order valence-corrected chi connectivity index (χ4v) is 3.31. The summed E-state index contributed by atoms with van der Waals surface area (Å²) in [5.74, 6) is 1.72. The Labute approximate surface area is 142 Å². The zero-order valence-electron chi connectivity index (χ0n) is 13.7.